The normalized spacial score (nSPS) is 11.5. The molecule has 154 valence electrons. The zero-order chi connectivity index (χ0) is 19.7. The lowest BCUT2D eigenvalue weighted by Crippen LogP contribution is -2.36. The highest BCUT2D eigenvalue weighted by Crippen LogP contribution is 2.16. The van der Waals surface area contributed by atoms with Crippen LogP contribution < -0.4 is 20.1 Å². The van der Waals surface area contributed by atoms with Crippen LogP contribution in [0.15, 0.2) is 53.5 Å². The van der Waals surface area contributed by atoms with Crippen LogP contribution in [0.2, 0.25) is 0 Å². The molecule has 0 radical (unpaired) electrons. The van der Waals surface area contributed by atoms with E-state index in [0.717, 1.165) is 22.4 Å². The van der Waals surface area contributed by atoms with E-state index < -0.39 is 10.0 Å². The van der Waals surface area contributed by atoms with Gasteiger partial charge >= 0.3 is 0 Å². The number of sulfonamides is 1. The molecule has 0 heterocycles. The average Bonchev–Trinajstić information content (AvgIpc) is 2.69. The van der Waals surface area contributed by atoms with E-state index >= 15 is 0 Å². The van der Waals surface area contributed by atoms with Crippen molar-refractivity contribution >= 4 is 40.0 Å². The minimum absolute atomic E-state index is 0. The molecule has 3 N–H and O–H groups in total. The maximum atomic E-state index is 11.6. The largest absolute Gasteiger partial charge is 0.496 e. The molecule has 0 atom stereocenters. The fourth-order valence-electron chi connectivity index (χ4n) is 2.48. The molecule has 0 saturated carbocycles. The second-order valence-electron chi connectivity index (χ2n) is 5.87. The summed E-state index contributed by atoms with van der Waals surface area (Å²) in [6.45, 7) is 1.16. The summed E-state index contributed by atoms with van der Waals surface area (Å²) in [6.07, 6.45) is 0. The minimum Gasteiger partial charge on any atom is -0.496 e. The van der Waals surface area contributed by atoms with Crippen LogP contribution >= 0.6 is 24.0 Å². The number of benzene rings is 2. The van der Waals surface area contributed by atoms with Gasteiger partial charge in [0.05, 0.1) is 12.9 Å². The van der Waals surface area contributed by atoms with Gasteiger partial charge in [0.2, 0.25) is 10.0 Å². The Morgan fingerprint density at radius 1 is 1.00 bits per heavy atom. The molecule has 0 aliphatic heterocycles. The molecule has 0 saturated heterocycles. The molecule has 0 aromatic heterocycles. The zero-order valence-corrected chi connectivity index (χ0v) is 19.4. The first-order valence-corrected chi connectivity index (χ1v) is 10.2. The van der Waals surface area contributed by atoms with Gasteiger partial charge in [-0.15, -0.1) is 24.0 Å². The first-order chi connectivity index (χ1) is 13.0. The summed E-state index contributed by atoms with van der Waals surface area (Å²) in [5, 5.41) is 6.49. The Labute approximate surface area is 184 Å². The van der Waals surface area contributed by atoms with Crippen LogP contribution in [-0.2, 0) is 28.9 Å². The Balaban J connectivity index is 0.00000392. The molecule has 0 aliphatic carbocycles. The Morgan fingerprint density at radius 3 is 2.21 bits per heavy atom. The van der Waals surface area contributed by atoms with E-state index in [1.54, 1.807) is 14.2 Å². The van der Waals surface area contributed by atoms with E-state index in [-0.39, 0.29) is 29.7 Å². The molecule has 0 bridgehead atoms. The summed E-state index contributed by atoms with van der Waals surface area (Å²) in [7, 11) is 1.52. The monoisotopic (exact) mass is 518 g/mol. The van der Waals surface area contributed by atoms with Crippen molar-refractivity contribution in [1.82, 2.24) is 15.4 Å². The van der Waals surface area contributed by atoms with Crippen LogP contribution in [0.4, 0.5) is 0 Å². The maximum absolute atomic E-state index is 11.6. The number of hydrogen-bond donors (Lipinski definition) is 3. The van der Waals surface area contributed by atoms with Gasteiger partial charge in [-0.2, -0.15) is 0 Å². The minimum atomic E-state index is -3.26. The van der Waals surface area contributed by atoms with Crippen LogP contribution in [0.1, 0.15) is 16.7 Å². The number of nitrogens with zero attached hydrogens (tertiary/aromatic N) is 1. The highest BCUT2D eigenvalue weighted by Gasteiger charge is 2.08. The van der Waals surface area contributed by atoms with Gasteiger partial charge in [-0.3, -0.25) is 4.99 Å². The van der Waals surface area contributed by atoms with Crippen LogP contribution in [0.3, 0.4) is 0 Å². The first kappa shape index (κ1) is 24.2. The summed E-state index contributed by atoms with van der Waals surface area (Å²) in [5.41, 5.74) is 2.81. The Hall–Kier alpha value is -1.85. The fourth-order valence-corrected chi connectivity index (χ4v) is 3.25. The molecule has 2 aromatic carbocycles. The summed E-state index contributed by atoms with van der Waals surface area (Å²) >= 11 is 0. The summed E-state index contributed by atoms with van der Waals surface area (Å²) in [6, 6.07) is 15.3. The van der Waals surface area contributed by atoms with Crippen LogP contribution in [0, 0.1) is 0 Å². The molecule has 0 amide bonds. The summed E-state index contributed by atoms with van der Waals surface area (Å²) in [5.74, 6) is 1.47. The van der Waals surface area contributed by atoms with E-state index in [1.165, 1.54) is 7.05 Å². The van der Waals surface area contributed by atoms with Gasteiger partial charge in [0.1, 0.15) is 5.75 Å². The van der Waals surface area contributed by atoms with E-state index in [1.807, 2.05) is 48.5 Å². The number of hydrogen-bond acceptors (Lipinski definition) is 4. The standard InChI is InChI=1S/C19H26N4O3S.HI/c1-20-19(23-13-17-6-4-5-7-18(17)26-3)22-12-15-8-10-16(11-9-15)14-27(24,25)21-2;/h4-11,21H,12-14H2,1-3H3,(H2,20,22,23);1H. The lowest BCUT2D eigenvalue weighted by atomic mass is 10.1. The van der Waals surface area contributed by atoms with E-state index in [9.17, 15) is 8.42 Å². The van der Waals surface area contributed by atoms with Gasteiger partial charge in [-0.1, -0.05) is 42.5 Å². The van der Waals surface area contributed by atoms with Crippen molar-refractivity contribution in [3.05, 3.63) is 65.2 Å². The Bertz CT molecular complexity index is 871. The molecule has 7 nitrogen and oxygen atoms in total. The number of rotatable bonds is 8. The van der Waals surface area contributed by atoms with Gasteiger partial charge < -0.3 is 15.4 Å². The topological polar surface area (TPSA) is 91.8 Å². The Kier molecular flexibility index (Phi) is 10.3. The molecule has 2 rings (SSSR count). The molecule has 9 heteroatoms. The van der Waals surface area contributed by atoms with Gasteiger partial charge in [0.15, 0.2) is 5.96 Å². The number of ether oxygens (including phenoxy) is 1. The predicted molar refractivity (Wildman–Crippen MR) is 124 cm³/mol. The number of nitrogens with one attached hydrogen (secondary N) is 3. The van der Waals surface area contributed by atoms with E-state index in [2.05, 4.69) is 20.3 Å². The van der Waals surface area contributed by atoms with E-state index in [0.29, 0.717) is 19.0 Å². The summed E-state index contributed by atoms with van der Waals surface area (Å²) < 4.78 is 30.8. The van der Waals surface area contributed by atoms with Crippen molar-refractivity contribution in [2.24, 2.45) is 4.99 Å². The highest BCUT2D eigenvalue weighted by atomic mass is 127. The highest BCUT2D eigenvalue weighted by molar-refractivity contribution is 14.0. The fraction of sp³-hybridized carbons (Fsp3) is 0.316. The molecule has 0 spiro atoms. The van der Waals surface area contributed by atoms with Gasteiger partial charge in [-0.05, 0) is 24.2 Å². The third-order valence-corrected chi connectivity index (χ3v) is 5.35. The van der Waals surface area contributed by atoms with Crippen molar-refractivity contribution in [2.75, 3.05) is 21.2 Å². The smallest absolute Gasteiger partial charge is 0.215 e. The molecular formula is C19H27IN4O3S. The summed E-state index contributed by atoms with van der Waals surface area (Å²) in [4.78, 5) is 4.22. The van der Waals surface area contributed by atoms with Gasteiger partial charge in [-0.25, -0.2) is 13.1 Å². The number of guanidine groups is 1. The average molecular weight is 518 g/mol. The van der Waals surface area contributed by atoms with E-state index in [4.69, 9.17) is 4.74 Å². The quantitative estimate of drug-likeness (QED) is 0.283. The zero-order valence-electron chi connectivity index (χ0n) is 16.2. The van der Waals surface area contributed by atoms with Crippen LogP contribution in [-0.4, -0.2) is 35.6 Å². The Morgan fingerprint density at radius 2 is 1.61 bits per heavy atom. The second kappa shape index (κ2) is 11.9. The molecule has 2 aromatic rings. The third kappa shape index (κ3) is 7.64. The number of methoxy groups -OCH3 is 1. The second-order valence-corrected chi connectivity index (χ2v) is 7.80. The number of aliphatic imine (C=N–C) groups is 1. The molecule has 0 unspecified atom stereocenters. The maximum Gasteiger partial charge on any atom is 0.215 e. The first-order valence-electron chi connectivity index (χ1n) is 8.53. The third-order valence-electron chi connectivity index (χ3n) is 4.01. The number of halogens is 1. The van der Waals surface area contributed by atoms with Crippen molar-refractivity contribution in [2.45, 2.75) is 18.8 Å². The van der Waals surface area contributed by atoms with Gasteiger partial charge in [0.25, 0.3) is 0 Å². The SMILES string of the molecule is CN=C(NCc1ccc(CS(=O)(=O)NC)cc1)NCc1ccccc1OC.I. The number of para-hydroxylation sites is 1. The van der Waals surface area contributed by atoms with Gasteiger partial charge in [0, 0.05) is 25.7 Å². The molecular weight excluding hydrogens is 491 g/mol. The lowest BCUT2D eigenvalue weighted by molar-refractivity contribution is 0.409. The molecule has 0 fully saturated rings. The molecule has 0 aliphatic rings. The van der Waals surface area contributed by atoms with Crippen molar-refractivity contribution in [3.63, 3.8) is 0 Å². The van der Waals surface area contributed by atoms with Crippen molar-refractivity contribution in [1.29, 1.82) is 0 Å². The van der Waals surface area contributed by atoms with Crippen molar-refractivity contribution in [3.8, 4) is 5.75 Å². The van der Waals surface area contributed by atoms with Crippen molar-refractivity contribution < 1.29 is 13.2 Å². The van der Waals surface area contributed by atoms with Crippen LogP contribution in [0.5, 0.6) is 5.75 Å². The molecule has 28 heavy (non-hydrogen) atoms. The predicted octanol–water partition coefficient (Wildman–Crippen LogP) is 2.23. The van der Waals surface area contributed by atoms with Crippen LogP contribution in [0.25, 0.3) is 0 Å². The lowest BCUT2D eigenvalue weighted by Gasteiger charge is -2.14.